The molecule has 0 atom stereocenters. The van der Waals surface area contributed by atoms with Gasteiger partial charge < -0.3 is 10.3 Å². The van der Waals surface area contributed by atoms with Crippen molar-refractivity contribution in [3.8, 4) is 0 Å². The van der Waals surface area contributed by atoms with E-state index in [4.69, 9.17) is 5.73 Å². The van der Waals surface area contributed by atoms with E-state index in [0.717, 1.165) is 5.39 Å². The largest absolute Gasteiger partial charge is 0.397 e. The van der Waals surface area contributed by atoms with Gasteiger partial charge in [0.2, 0.25) is 0 Å². The van der Waals surface area contributed by atoms with Crippen molar-refractivity contribution < 1.29 is 0 Å². The fourth-order valence-electron chi connectivity index (χ4n) is 1.82. The quantitative estimate of drug-likeness (QED) is 0.734. The van der Waals surface area contributed by atoms with Crippen LogP contribution >= 0.6 is 0 Å². The molecule has 84 valence electrons. The van der Waals surface area contributed by atoms with Crippen LogP contribution in [0, 0.1) is 0 Å². The third-order valence-electron chi connectivity index (χ3n) is 2.68. The van der Waals surface area contributed by atoms with E-state index in [1.165, 1.54) is 0 Å². The number of benzene rings is 1. The van der Waals surface area contributed by atoms with Crippen molar-refractivity contribution in [3.05, 3.63) is 40.8 Å². The highest BCUT2D eigenvalue weighted by Gasteiger charge is 2.16. The number of hydrogen-bond acceptors (Lipinski definition) is 2. The van der Waals surface area contributed by atoms with Gasteiger partial charge in [0, 0.05) is 22.5 Å². The van der Waals surface area contributed by atoms with E-state index in [0.29, 0.717) is 11.1 Å². The fraction of sp³-hybridized carbons (Fsp3) is 0.308. The summed E-state index contributed by atoms with van der Waals surface area (Å²) in [5.74, 6) is 0. The number of pyridine rings is 1. The first kappa shape index (κ1) is 10.7. The minimum absolute atomic E-state index is 0.0114. The van der Waals surface area contributed by atoms with Gasteiger partial charge in [0.15, 0.2) is 0 Å². The second kappa shape index (κ2) is 3.37. The van der Waals surface area contributed by atoms with Crippen molar-refractivity contribution in [1.82, 2.24) is 4.57 Å². The van der Waals surface area contributed by atoms with Gasteiger partial charge in [-0.3, -0.25) is 4.79 Å². The first-order valence-corrected chi connectivity index (χ1v) is 5.31. The molecule has 0 unspecified atom stereocenters. The molecule has 3 nitrogen and oxygen atoms in total. The maximum Gasteiger partial charge on any atom is 0.259 e. The van der Waals surface area contributed by atoms with Crippen LogP contribution in [-0.2, 0) is 5.54 Å². The number of nitrogen functional groups attached to an aromatic ring is 1. The van der Waals surface area contributed by atoms with Gasteiger partial charge >= 0.3 is 0 Å². The van der Waals surface area contributed by atoms with Gasteiger partial charge in [-0.25, -0.2) is 0 Å². The number of fused-ring (bicyclic) bond motifs is 1. The minimum Gasteiger partial charge on any atom is -0.397 e. The van der Waals surface area contributed by atoms with Gasteiger partial charge in [0.1, 0.15) is 0 Å². The Labute approximate surface area is 94.5 Å². The number of nitrogens with zero attached hydrogens (tertiary/aromatic N) is 1. The molecular formula is C13H16N2O. The molecule has 3 heteroatoms. The van der Waals surface area contributed by atoms with Crippen LogP contribution in [0.5, 0.6) is 0 Å². The molecule has 0 aliphatic heterocycles. The van der Waals surface area contributed by atoms with E-state index < -0.39 is 0 Å². The summed E-state index contributed by atoms with van der Waals surface area (Å²) in [5, 5.41) is 1.51. The lowest BCUT2D eigenvalue weighted by molar-refractivity contribution is 0.387. The normalized spacial score (nSPS) is 11.9. The molecule has 0 aliphatic carbocycles. The molecular weight excluding hydrogens is 200 g/mol. The topological polar surface area (TPSA) is 48.0 Å². The highest BCUT2D eigenvalue weighted by Crippen LogP contribution is 2.20. The number of hydrogen-bond donors (Lipinski definition) is 1. The molecule has 1 heterocycles. The van der Waals surface area contributed by atoms with Crippen LogP contribution in [-0.4, -0.2) is 4.57 Å². The summed E-state index contributed by atoms with van der Waals surface area (Å²) in [6, 6.07) is 7.44. The molecule has 0 saturated carbocycles. The molecule has 2 N–H and O–H groups in total. The van der Waals surface area contributed by atoms with E-state index >= 15 is 0 Å². The van der Waals surface area contributed by atoms with Gasteiger partial charge in [0.25, 0.3) is 5.56 Å². The van der Waals surface area contributed by atoms with Crippen LogP contribution in [0.15, 0.2) is 35.3 Å². The van der Waals surface area contributed by atoms with Crippen LogP contribution in [0.25, 0.3) is 10.8 Å². The highest BCUT2D eigenvalue weighted by atomic mass is 16.1. The lowest BCUT2D eigenvalue weighted by Crippen LogP contribution is -2.33. The third-order valence-corrected chi connectivity index (χ3v) is 2.68. The monoisotopic (exact) mass is 216 g/mol. The predicted octanol–water partition coefficient (Wildman–Crippen LogP) is 2.34. The first-order chi connectivity index (χ1) is 7.41. The summed E-state index contributed by atoms with van der Waals surface area (Å²) in [5.41, 5.74) is 6.36. The Hall–Kier alpha value is -1.77. The van der Waals surface area contributed by atoms with Gasteiger partial charge in [-0.2, -0.15) is 0 Å². The summed E-state index contributed by atoms with van der Waals surface area (Å²) in [7, 11) is 0. The number of rotatable bonds is 0. The van der Waals surface area contributed by atoms with Crippen molar-refractivity contribution in [2.75, 3.05) is 5.73 Å². The molecule has 0 spiro atoms. The highest BCUT2D eigenvalue weighted by molar-refractivity contribution is 5.91. The zero-order valence-corrected chi connectivity index (χ0v) is 9.82. The Morgan fingerprint density at radius 1 is 1.12 bits per heavy atom. The van der Waals surface area contributed by atoms with Crippen molar-refractivity contribution in [2.45, 2.75) is 26.3 Å². The molecule has 0 amide bonds. The van der Waals surface area contributed by atoms with E-state index in [9.17, 15) is 4.79 Å². The van der Waals surface area contributed by atoms with Gasteiger partial charge in [-0.15, -0.1) is 0 Å². The van der Waals surface area contributed by atoms with E-state index in [1.807, 2.05) is 45.0 Å². The smallest absolute Gasteiger partial charge is 0.259 e. The molecule has 0 radical (unpaired) electrons. The summed E-state index contributed by atoms with van der Waals surface area (Å²) in [4.78, 5) is 12.2. The van der Waals surface area contributed by atoms with Gasteiger partial charge in [-0.1, -0.05) is 18.2 Å². The SMILES string of the molecule is CC(C)(C)n1cc(N)c2ccccc2c1=O. The van der Waals surface area contributed by atoms with Crippen molar-refractivity contribution in [1.29, 1.82) is 0 Å². The molecule has 0 aliphatic rings. The molecule has 16 heavy (non-hydrogen) atoms. The first-order valence-electron chi connectivity index (χ1n) is 5.31. The molecule has 2 aromatic rings. The molecule has 1 aromatic heterocycles. The minimum atomic E-state index is -0.255. The van der Waals surface area contributed by atoms with Crippen molar-refractivity contribution in [3.63, 3.8) is 0 Å². The number of nitrogens with two attached hydrogens (primary N) is 1. The zero-order valence-electron chi connectivity index (χ0n) is 9.82. The van der Waals surface area contributed by atoms with Gasteiger partial charge in [-0.05, 0) is 26.8 Å². The van der Waals surface area contributed by atoms with Crippen LogP contribution < -0.4 is 11.3 Å². The molecule has 0 fully saturated rings. The molecule has 2 rings (SSSR count). The molecule has 1 aromatic carbocycles. The Morgan fingerprint density at radius 3 is 2.25 bits per heavy atom. The second-order valence-electron chi connectivity index (χ2n) is 4.98. The Morgan fingerprint density at radius 2 is 1.69 bits per heavy atom. The summed E-state index contributed by atoms with van der Waals surface area (Å²) in [6.45, 7) is 5.97. The van der Waals surface area contributed by atoms with Gasteiger partial charge in [0.05, 0.1) is 5.69 Å². The van der Waals surface area contributed by atoms with Crippen LogP contribution in [0.1, 0.15) is 20.8 Å². The summed E-state index contributed by atoms with van der Waals surface area (Å²) >= 11 is 0. The van der Waals surface area contributed by atoms with E-state index in [1.54, 1.807) is 10.8 Å². The second-order valence-corrected chi connectivity index (χ2v) is 4.98. The average molecular weight is 216 g/mol. The van der Waals surface area contributed by atoms with Crippen LogP contribution in [0.3, 0.4) is 0 Å². The van der Waals surface area contributed by atoms with Crippen LogP contribution in [0.4, 0.5) is 5.69 Å². The Kier molecular flexibility index (Phi) is 2.26. The van der Waals surface area contributed by atoms with E-state index in [2.05, 4.69) is 0 Å². The number of aromatic nitrogens is 1. The van der Waals surface area contributed by atoms with Crippen molar-refractivity contribution >= 4 is 16.5 Å². The lowest BCUT2D eigenvalue weighted by atomic mass is 10.1. The molecule has 0 bridgehead atoms. The Bertz CT molecular complexity index is 591. The summed E-state index contributed by atoms with van der Waals surface area (Å²) in [6.07, 6.45) is 1.73. The third kappa shape index (κ3) is 1.58. The maximum absolute atomic E-state index is 12.2. The average Bonchev–Trinajstić information content (AvgIpc) is 2.22. The zero-order chi connectivity index (χ0) is 11.9. The number of anilines is 1. The molecule has 0 saturated heterocycles. The maximum atomic E-state index is 12.2. The lowest BCUT2D eigenvalue weighted by Gasteiger charge is -2.23. The van der Waals surface area contributed by atoms with Crippen molar-refractivity contribution in [2.24, 2.45) is 0 Å². The predicted molar refractivity (Wildman–Crippen MR) is 67.6 cm³/mol. The fourth-order valence-corrected chi connectivity index (χ4v) is 1.82. The Balaban J connectivity index is 2.92. The summed E-state index contributed by atoms with van der Waals surface area (Å²) < 4.78 is 1.69. The standard InChI is InChI=1S/C13H16N2O/c1-13(2,3)15-8-11(14)9-6-4-5-7-10(9)12(15)16/h4-8H,14H2,1-3H3. The van der Waals surface area contributed by atoms with E-state index in [-0.39, 0.29) is 11.1 Å². The van der Waals surface area contributed by atoms with Crippen LogP contribution in [0.2, 0.25) is 0 Å².